The molecule has 0 radical (unpaired) electrons. The number of hydrogen-bond acceptors (Lipinski definition) is 4. The van der Waals surface area contributed by atoms with E-state index in [2.05, 4.69) is 4.90 Å². The number of rotatable bonds is 6. The van der Waals surface area contributed by atoms with Crippen LogP contribution in [0.2, 0.25) is 0 Å². The molecule has 0 atom stereocenters. The number of unbranched alkanes of at least 4 members (excludes halogenated alkanes) is 1. The van der Waals surface area contributed by atoms with Crippen LogP contribution in [0.15, 0.2) is 24.3 Å². The zero-order chi connectivity index (χ0) is 18.5. The Morgan fingerprint density at radius 3 is 2.16 bits per heavy atom. The summed E-state index contributed by atoms with van der Waals surface area (Å²) in [5.41, 5.74) is 0. The Balaban J connectivity index is 0.000000450. The predicted octanol–water partition coefficient (Wildman–Crippen LogP) is 3.02. The van der Waals surface area contributed by atoms with E-state index in [0.717, 1.165) is 19.4 Å². The number of likely N-dealkylation sites (tertiary alicyclic amines) is 1. The Morgan fingerprint density at radius 1 is 1.00 bits per heavy atom. The maximum absolute atomic E-state index is 13.3. The fraction of sp³-hybridized carbons (Fsp3) is 0.556. The second-order valence-corrected chi connectivity index (χ2v) is 5.85. The van der Waals surface area contributed by atoms with Gasteiger partial charge in [-0.05, 0) is 57.5 Å². The second-order valence-electron chi connectivity index (χ2n) is 5.85. The summed E-state index contributed by atoms with van der Waals surface area (Å²) < 4.78 is 18.8. The van der Waals surface area contributed by atoms with Gasteiger partial charge in [0.15, 0.2) is 11.6 Å². The Labute approximate surface area is 147 Å². The number of nitrogens with zero attached hydrogens (tertiary/aromatic N) is 1. The van der Waals surface area contributed by atoms with Crippen molar-refractivity contribution >= 4 is 11.9 Å². The van der Waals surface area contributed by atoms with Crippen molar-refractivity contribution in [3.05, 3.63) is 30.1 Å². The topological polar surface area (TPSA) is 87.1 Å². The summed E-state index contributed by atoms with van der Waals surface area (Å²) in [7, 11) is 0. The SMILES string of the molecule is Fc1ccccc1OCCCCN1CCCCCC1.O=C(O)C(=O)O. The minimum absolute atomic E-state index is 0.269. The van der Waals surface area contributed by atoms with Crippen LogP contribution >= 0.6 is 0 Å². The zero-order valence-corrected chi connectivity index (χ0v) is 14.3. The van der Waals surface area contributed by atoms with E-state index in [0.29, 0.717) is 12.4 Å². The van der Waals surface area contributed by atoms with Gasteiger partial charge in [0.25, 0.3) is 0 Å². The van der Waals surface area contributed by atoms with Crippen molar-refractivity contribution in [2.45, 2.75) is 38.5 Å². The number of aliphatic carboxylic acids is 2. The third-order valence-corrected chi connectivity index (χ3v) is 3.84. The summed E-state index contributed by atoms with van der Waals surface area (Å²) in [4.78, 5) is 20.8. The molecule has 1 heterocycles. The molecule has 0 saturated carbocycles. The standard InChI is InChI=1S/C16H24FNO.C2H2O4/c17-15-9-3-4-10-16(15)19-14-8-7-13-18-11-5-1-2-6-12-18;3-1(4)2(5)6/h3-4,9-10H,1-2,5-8,11-14H2;(H,3,4)(H,5,6). The monoisotopic (exact) mass is 355 g/mol. The van der Waals surface area contributed by atoms with E-state index in [9.17, 15) is 4.39 Å². The van der Waals surface area contributed by atoms with E-state index >= 15 is 0 Å². The molecule has 2 rings (SSSR count). The fourth-order valence-corrected chi connectivity index (χ4v) is 2.54. The predicted molar refractivity (Wildman–Crippen MR) is 91.3 cm³/mol. The van der Waals surface area contributed by atoms with Gasteiger partial charge in [0.2, 0.25) is 0 Å². The van der Waals surface area contributed by atoms with Gasteiger partial charge < -0.3 is 19.8 Å². The smallest absolute Gasteiger partial charge is 0.414 e. The first-order valence-corrected chi connectivity index (χ1v) is 8.56. The van der Waals surface area contributed by atoms with Gasteiger partial charge >= 0.3 is 11.9 Å². The molecule has 7 heteroatoms. The molecule has 0 aliphatic carbocycles. The van der Waals surface area contributed by atoms with E-state index in [1.807, 2.05) is 0 Å². The minimum atomic E-state index is -1.82. The lowest BCUT2D eigenvalue weighted by Crippen LogP contribution is -2.25. The van der Waals surface area contributed by atoms with Crippen LogP contribution in [0.4, 0.5) is 4.39 Å². The van der Waals surface area contributed by atoms with Crippen molar-refractivity contribution in [2.75, 3.05) is 26.2 Å². The molecule has 0 spiro atoms. The molecule has 2 N–H and O–H groups in total. The number of para-hydroxylation sites is 1. The van der Waals surface area contributed by atoms with Gasteiger partial charge in [0.05, 0.1) is 6.61 Å². The molecular formula is C18H26FNO5. The van der Waals surface area contributed by atoms with E-state index in [1.165, 1.54) is 44.8 Å². The van der Waals surface area contributed by atoms with Crippen LogP contribution in [0.25, 0.3) is 0 Å². The fourth-order valence-electron chi connectivity index (χ4n) is 2.54. The molecule has 0 aromatic heterocycles. The summed E-state index contributed by atoms with van der Waals surface area (Å²) in [6.07, 6.45) is 7.57. The van der Waals surface area contributed by atoms with Crippen molar-refractivity contribution in [1.82, 2.24) is 4.90 Å². The first-order chi connectivity index (χ1) is 12.0. The van der Waals surface area contributed by atoms with Crippen molar-refractivity contribution < 1.29 is 28.9 Å². The van der Waals surface area contributed by atoms with Crippen LogP contribution in [-0.4, -0.2) is 53.3 Å². The van der Waals surface area contributed by atoms with Gasteiger partial charge in [-0.2, -0.15) is 0 Å². The van der Waals surface area contributed by atoms with E-state index < -0.39 is 11.9 Å². The van der Waals surface area contributed by atoms with Gasteiger partial charge in [-0.25, -0.2) is 14.0 Å². The number of carboxylic acid groups (broad SMARTS) is 2. The molecule has 1 saturated heterocycles. The van der Waals surface area contributed by atoms with Gasteiger partial charge in [-0.3, -0.25) is 0 Å². The molecule has 1 aliphatic heterocycles. The van der Waals surface area contributed by atoms with E-state index in [-0.39, 0.29) is 5.82 Å². The summed E-state index contributed by atoms with van der Waals surface area (Å²) >= 11 is 0. The normalized spacial score (nSPS) is 14.8. The van der Waals surface area contributed by atoms with Crippen molar-refractivity contribution in [3.8, 4) is 5.75 Å². The zero-order valence-electron chi connectivity index (χ0n) is 14.3. The lowest BCUT2D eigenvalue weighted by molar-refractivity contribution is -0.159. The molecule has 1 aromatic rings. The first-order valence-electron chi connectivity index (χ1n) is 8.56. The average molecular weight is 355 g/mol. The van der Waals surface area contributed by atoms with Crippen LogP contribution in [0.3, 0.4) is 0 Å². The summed E-state index contributed by atoms with van der Waals surface area (Å²) in [5.74, 6) is -3.54. The molecule has 140 valence electrons. The third kappa shape index (κ3) is 9.66. The molecule has 1 aromatic carbocycles. The molecule has 6 nitrogen and oxygen atoms in total. The number of carboxylic acids is 2. The van der Waals surface area contributed by atoms with Gasteiger partial charge in [-0.1, -0.05) is 25.0 Å². The maximum Gasteiger partial charge on any atom is 0.414 e. The Morgan fingerprint density at radius 2 is 1.60 bits per heavy atom. The van der Waals surface area contributed by atoms with Crippen LogP contribution in [-0.2, 0) is 9.59 Å². The van der Waals surface area contributed by atoms with Crippen LogP contribution in [0.5, 0.6) is 5.75 Å². The van der Waals surface area contributed by atoms with Gasteiger partial charge in [-0.15, -0.1) is 0 Å². The number of benzene rings is 1. The lowest BCUT2D eigenvalue weighted by atomic mass is 10.2. The lowest BCUT2D eigenvalue weighted by Gasteiger charge is -2.19. The third-order valence-electron chi connectivity index (χ3n) is 3.84. The minimum Gasteiger partial charge on any atom is -0.491 e. The van der Waals surface area contributed by atoms with Crippen molar-refractivity contribution in [3.63, 3.8) is 0 Å². The number of ether oxygens (including phenoxy) is 1. The number of carbonyl (C=O) groups is 2. The highest BCUT2D eigenvalue weighted by Gasteiger charge is 2.08. The van der Waals surface area contributed by atoms with Crippen LogP contribution < -0.4 is 4.74 Å². The largest absolute Gasteiger partial charge is 0.491 e. The van der Waals surface area contributed by atoms with Crippen molar-refractivity contribution in [2.24, 2.45) is 0 Å². The maximum atomic E-state index is 13.3. The molecule has 1 aliphatic rings. The van der Waals surface area contributed by atoms with E-state index in [4.69, 9.17) is 24.5 Å². The van der Waals surface area contributed by atoms with E-state index in [1.54, 1.807) is 18.2 Å². The highest BCUT2D eigenvalue weighted by molar-refractivity contribution is 6.27. The molecule has 0 amide bonds. The summed E-state index contributed by atoms with van der Waals surface area (Å²) in [5, 5.41) is 14.8. The van der Waals surface area contributed by atoms with Crippen LogP contribution in [0.1, 0.15) is 38.5 Å². The van der Waals surface area contributed by atoms with Gasteiger partial charge in [0, 0.05) is 0 Å². The number of halogens is 1. The molecule has 25 heavy (non-hydrogen) atoms. The van der Waals surface area contributed by atoms with Gasteiger partial charge in [0.1, 0.15) is 0 Å². The van der Waals surface area contributed by atoms with Crippen LogP contribution in [0, 0.1) is 5.82 Å². The molecular weight excluding hydrogens is 329 g/mol. The summed E-state index contributed by atoms with van der Waals surface area (Å²) in [6.45, 7) is 4.25. The Bertz CT molecular complexity index is 518. The second kappa shape index (κ2) is 12.2. The highest BCUT2D eigenvalue weighted by atomic mass is 19.1. The van der Waals surface area contributed by atoms with Crippen molar-refractivity contribution in [1.29, 1.82) is 0 Å². The number of hydrogen-bond donors (Lipinski definition) is 2. The highest BCUT2D eigenvalue weighted by Crippen LogP contribution is 2.16. The molecule has 0 bridgehead atoms. The Kier molecular flexibility index (Phi) is 10.2. The molecule has 1 fully saturated rings. The Hall–Kier alpha value is -2.15. The average Bonchev–Trinajstić information content (AvgIpc) is 2.85. The summed E-state index contributed by atoms with van der Waals surface area (Å²) in [6, 6.07) is 6.61. The first kappa shape index (κ1) is 20.9. The quantitative estimate of drug-likeness (QED) is 0.602. The molecule has 0 unspecified atom stereocenters.